The van der Waals surface area contributed by atoms with Crippen molar-refractivity contribution in [2.45, 2.75) is 25.8 Å². The summed E-state index contributed by atoms with van der Waals surface area (Å²) in [4.78, 5) is 14.7. The molecule has 1 atom stereocenters. The van der Waals surface area contributed by atoms with Crippen LogP contribution in [0.2, 0.25) is 19.6 Å². The molecule has 0 fully saturated rings. The number of hydroxylamine groups is 1. The van der Waals surface area contributed by atoms with E-state index in [1.807, 2.05) is 19.6 Å². The second kappa shape index (κ2) is 3.40. The Balaban J connectivity index is 2.57. The quantitative estimate of drug-likeness (QED) is 0.402. The van der Waals surface area contributed by atoms with Crippen molar-refractivity contribution in [3.8, 4) is 0 Å². The second-order valence-corrected chi connectivity index (χ2v) is 8.45. The summed E-state index contributed by atoms with van der Waals surface area (Å²) in [5, 5.41) is 17.8. The molecule has 1 N–H and O–H groups in total. The van der Waals surface area contributed by atoms with Crippen LogP contribution in [-0.4, -0.2) is 30.7 Å². The van der Waals surface area contributed by atoms with Crippen molar-refractivity contribution in [3.05, 3.63) is 10.1 Å². The number of hydrogen-bond acceptors (Lipinski definition) is 6. The molecule has 1 heterocycles. The van der Waals surface area contributed by atoms with Crippen molar-refractivity contribution in [2.75, 3.05) is 0 Å². The van der Waals surface area contributed by atoms with Crippen LogP contribution in [0.15, 0.2) is 5.16 Å². The van der Waals surface area contributed by atoms with Crippen LogP contribution in [0, 0.1) is 10.1 Å². The van der Waals surface area contributed by atoms with Gasteiger partial charge in [-0.25, -0.2) is 5.09 Å². The lowest BCUT2D eigenvalue weighted by atomic mass is 10.6. The lowest BCUT2D eigenvalue weighted by Gasteiger charge is -2.23. The van der Waals surface area contributed by atoms with Gasteiger partial charge in [0.1, 0.15) is 14.5 Å². The first kappa shape index (κ1) is 10.1. The monoisotopic (exact) mass is 204 g/mol. The molecular weight excluding hydrogens is 192 g/mol. The largest absolute Gasteiger partial charge is 0.352 e. The SMILES string of the molecule is C[Si](C)(C)NN1ON=CC1[N+](=O)[O-]. The van der Waals surface area contributed by atoms with E-state index in [1.54, 1.807) is 0 Å². The van der Waals surface area contributed by atoms with E-state index in [0.29, 0.717) is 0 Å². The number of nitrogens with one attached hydrogen (secondary N) is 1. The fourth-order valence-electron chi connectivity index (χ4n) is 0.798. The number of nitrogens with zero attached hydrogens (tertiary/aromatic N) is 3. The van der Waals surface area contributed by atoms with Crippen LogP contribution < -0.4 is 5.09 Å². The molecule has 0 spiro atoms. The maximum absolute atomic E-state index is 10.5. The Kier molecular flexibility index (Phi) is 2.64. The summed E-state index contributed by atoms with van der Waals surface area (Å²) in [6.45, 7) is 6.02. The highest BCUT2D eigenvalue weighted by molar-refractivity contribution is 6.73. The number of nitro groups is 1. The van der Waals surface area contributed by atoms with Crippen LogP contribution in [-0.2, 0) is 4.94 Å². The molecule has 0 aromatic carbocycles. The van der Waals surface area contributed by atoms with Gasteiger partial charge >= 0.3 is 6.17 Å². The lowest BCUT2D eigenvalue weighted by Crippen LogP contribution is -2.56. The van der Waals surface area contributed by atoms with E-state index in [1.165, 1.54) is 0 Å². The van der Waals surface area contributed by atoms with Gasteiger partial charge < -0.3 is 0 Å². The van der Waals surface area contributed by atoms with Crippen molar-refractivity contribution in [2.24, 2.45) is 5.16 Å². The molecule has 0 radical (unpaired) electrons. The standard InChI is InChI=1S/C5H12N4O3Si/c1-13(2,3)7-8-5(9(10)11)4-6-12-8/h4-5,7H,1-3H3. The zero-order valence-corrected chi connectivity index (χ0v) is 8.72. The third-order valence-electron chi connectivity index (χ3n) is 1.23. The first-order valence-corrected chi connectivity index (χ1v) is 7.31. The third kappa shape index (κ3) is 2.75. The molecule has 1 rings (SSSR count). The topological polar surface area (TPSA) is 80.0 Å². The number of oxime groups is 1. The molecule has 0 bridgehead atoms. The molecule has 0 amide bonds. The second-order valence-electron chi connectivity index (χ2n) is 3.72. The highest BCUT2D eigenvalue weighted by Gasteiger charge is 2.36. The molecule has 0 aromatic heterocycles. The van der Waals surface area contributed by atoms with E-state index < -0.39 is 19.3 Å². The van der Waals surface area contributed by atoms with E-state index in [4.69, 9.17) is 0 Å². The molecule has 13 heavy (non-hydrogen) atoms. The average molecular weight is 204 g/mol. The molecule has 74 valence electrons. The van der Waals surface area contributed by atoms with Gasteiger partial charge in [0.2, 0.25) is 0 Å². The molecule has 7 nitrogen and oxygen atoms in total. The summed E-state index contributed by atoms with van der Waals surface area (Å²) < 4.78 is 0. The van der Waals surface area contributed by atoms with Crippen molar-refractivity contribution < 1.29 is 9.86 Å². The molecule has 1 unspecified atom stereocenters. The Bertz CT molecular complexity index is 238. The van der Waals surface area contributed by atoms with E-state index in [-0.39, 0.29) is 0 Å². The Morgan fingerprint density at radius 1 is 1.69 bits per heavy atom. The van der Waals surface area contributed by atoms with Gasteiger partial charge in [0.05, 0.1) is 4.92 Å². The fourth-order valence-corrected chi connectivity index (χ4v) is 1.63. The van der Waals surface area contributed by atoms with Gasteiger partial charge in [0.15, 0.2) is 0 Å². The summed E-state index contributed by atoms with van der Waals surface area (Å²) in [5.74, 6) is 0. The molecular formula is C5H12N4O3Si. The van der Waals surface area contributed by atoms with Gasteiger partial charge in [-0.1, -0.05) is 24.8 Å². The highest BCUT2D eigenvalue weighted by Crippen LogP contribution is 2.07. The van der Waals surface area contributed by atoms with E-state index in [2.05, 4.69) is 15.2 Å². The van der Waals surface area contributed by atoms with Crippen LogP contribution in [0.25, 0.3) is 0 Å². The predicted octanol–water partition coefficient (Wildman–Crippen LogP) is 0.162. The average Bonchev–Trinajstić information content (AvgIpc) is 2.31. The van der Waals surface area contributed by atoms with Crippen molar-refractivity contribution >= 4 is 14.5 Å². The van der Waals surface area contributed by atoms with Crippen molar-refractivity contribution in [3.63, 3.8) is 0 Å². The summed E-state index contributed by atoms with van der Waals surface area (Å²) >= 11 is 0. The Labute approximate surface area is 76.5 Å². The minimum Gasteiger partial charge on any atom is -0.275 e. The molecule has 1 aliphatic heterocycles. The van der Waals surface area contributed by atoms with E-state index in [9.17, 15) is 10.1 Å². The smallest absolute Gasteiger partial charge is 0.275 e. The zero-order chi connectivity index (χ0) is 10.1. The maximum Gasteiger partial charge on any atom is 0.352 e. The first-order chi connectivity index (χ1) is 5.90. The highest BCUT2D eigenvalue weighted by atomic mass is 28.3. The summed E-state index contributed by atoms with van der Waals surface area (Å²) in [6.07, 6.45) is 0.124. The minimum atomic E-state index is -1.64. The van der Waals surface area contributed by atoms with Crippen LogP contribution in [0.4, 0.5) is 0 Å². The van der Waals surface area contributed by atoms with Gasteiger partial charge in [-0.3, -0.25) is 15.1 Å². The van der Waals surface area contributed by atoms with Crippen LogP contribution in [0.3, 0.4) is 0 Å². The summed E-state index contributed by atoms with van der Waals surface area (Å²) in [7, 11) is -1.64. The minimum absolute atomic E-state index is 0.469. The summed E-state index contributed by atoms with van der Waals surface area (Å²) in [6, 6.07) is 0. The third-order valence-corrected chi connectivity index (χ3v) is 2.12. The van der Waals surface area contributed by atoms with Gasteiger partial charge in [0.25, 0.3) is 0 Å². The Morgan fingerprint density at radius 3 is 2.77 bits per heavy atom. The van der Waals surface area contributed by atoms with Crippen LogP contribution >= 0.6 is 0 Å². The Morgan fingerprint density at radius 2 is 2.31 bits per heavy atom. The van der Waals surface area contributed by atoms with Gasteiger partial charge in [-0.05, 0) is 0 Å². The van der Waals surface area contributed by atoms with E-state index in [0.717, 1.165) is 11.4 Å². The number of hydrazine groups is 1. The maximum atomic E-state index is 10.5. The molecule has 0 saturated carbocycles. The van der Waals surface area contributed by atoms with Crippen LogP contribution in [0.1, 0.15) is 0 Å². The predicted molar refractivity (Wildman–Crippen MR) is 48.7 cm³/mol. The van der Waals surface area contributed by atoms with Crippen molar-refractivity contribution in [1.29, 1.82) is 0 Å². The first-order valence-electron chi connectivity index (χ1n) is 3.81. The van der Waals surface area contributed by atoms with Gasteiger partial charge in [0, 0.05) is 5.17 Å². The molecule has 8 heteroatoms. The number of hydrogen-bond donors (Lipinski definition) is 1. The summed E-state index contributed by atoms with van der Waals surface area (Å²) in [5.41, 5.74) is 0. The van der Waals surface area contributed by atoms with Gasteiger partial charge in [-0.15, -0.1) is 0 Å². The normalized spacial score (nSPS) is 23.2. The molecule has 0 aromatic rings. The Hall–Kier alpha value is -0.993. The van der Waals surface area contributed by atoms with Crippen LogP contribution in [0.5, 0.6) is 0 Å². The van der Waals surface area contributed by atoms with Crippen molar-refractivity contribution in [1.82, 2.24) is 10.3 Å². The lowest BCUT2D eigenvalue weighted by molar-refractivity contribution is -0.551. The zero-order valence-electron chi connectivity index (χ0n) is 7.72. The molecule has 1 aliphatic rings. The van der Waals surface area contributed by atoms with Gasteiger partial charge in [-0.2, -0.15) is 0 Å². The fraction of sp³-hybridized carbons (Fsp3) is 0.800. The van der Waals surface area contributed by atoms with E-state index >= 15 is 0 Å². The molecule has 0 saturated heterocycles. The molecule has 0 aliphatic carbocycles. The number of rotatable bonds is 3.